The molecule has 43 heavy (non-hydrogen) atoms. The average Bonchev–Trinajstić information content (AvgIpc) is 3.50. The number of hydrogen-bond acceptors (Lipinski definition) is 7. The molecule has 0 aromatic heterocycles. The number of carbonyl (C=O) groups is 3. The van der Waals surface area contributed by atoms with Gasteiger partial charge in [-0.2, -0.15) is 0 Å². The van der Waals surface area contributed by atoms with Crippen molar-refractivity contribution in [2.24, 2.45) is 0 Å². The molecule has 1 atom stereocenters. The van der Waals surface area contributed by atoms with Gasteiger partial charge >= 0.3 is 0 Å². The van der Waals surface area contributed by atoms with Crippen LogP contribution in [0.15, 0.2) is 108 Å². The van der Waals surface area contributed by atoms with Crippen molar-refractivity contribution in [1.82, 2.24) is 5.32 Å². The summed E-state index contributed by atoms with van der Waals surface area (Å²) >= 11 is 1.38. The number of hydrogen-bond donors (Lipinski definition) is 3. The van der Waals surface area contributed by atoms with Gasteiger partial charge in [-0.25, -0.2) is 0 Å². The largest absolute Gasteiger partial charge is 0.496 e. The Kier molecular flexibility index (Phi) is 9.28. The zero-order chi connectivity index (χ0) is 30.2. The van der Waals surface area contributed by atoms with Crippen LogP contribution >= 0.6 is 11.8 Å². The molecule has 4 aromatic carbocycles. The summed E-state index contributed by atoms with van der Waals surface area (Å²) in [7, 11) is 1.54. The van der Waals surface area contributed by atoms with Crippen molar-refractivity contribution >= 4 is 46.9 Å². The number of carbonyl (C=O) groups excluding carboxylic acids is 3. The minimum absolute atomic E-state index is 0.0469. The summed E-state index contributed by atoms with van der Waals surface area (Å²) in [5, 5.41) is 8.07. The standard InChI is InChI=1S/C33H29N3O6S/c1-21(31(37)35-25-14-17-29-30(19-25)42-20-41-29)43-26-15-12-24(13-16-26)34-33(39)27(18-23-10-6-7-11-28(23)40-2)36-32(38)22-8-4-3-5-9-22/h3-19,21H,20H2,1-2H3,(H,34,39)(H,35,37)(H,36,38)/b27-18-. The van der Waals surface area contributed by atoms with Gasteiger partial charge in [0.15, 0.2) is 11.5 Å². The highest BCUT2D eigenvalue weighted by Gasteiger charge is 2.19. The van der Waals surface area contributed by atoms with Gasteiger partial charge in [0.1, 0.15) is 11.4 Å². The molecular formula is C33H29N3O6S. The maximum atomic E-state index is 13.4. The maximum Gasteiger partial charge on any atom is 0.272 e. The van der Waals surface area contributed by atoms with Crippen LogP contribution in [0.25, 0.3) is 6.08 Å². The second-order valence-corrected chi connectivity index (χ2v) is 10.8. The number of para-hydroxylation sites is 1. The normalized spacial score (nSPS) is 12.7. The molecular weight excluding hydrogens is 566 g/mol. The van der Waals surface area contributed by atoms with Crippen LogP contribution in [-0.2, 0) is 9.59 Å². The molecule has 0 saturated heterocycles. The Morgan fingerprint density at radius 1 is 0.837 bits per heavy atom. The summed E-state index contributed by atoms with van der Waals surface area (Å²) in [4.78, 5) is 39.9. The lowest BCUT2D eigenvalue weighted by Gasteiger charge is -2.14. The van der Waals surface area contributed by atoms with Crippen molar-refractivity contribution < 1.29 is 28.6 Å². The second kappa shape index (κ2) is 13.6. The summed E-state index contributed by atoms with van der Waals surface area (Å²) in [6, 6.07) is 28.2. The van der Waals surface area contributed by atoms with Gasteiger partial charge in [0, 0.05) is 33.5 Å². The molecule has 4 aromatic rings. The minimum Gasteiger partial charge on any atom is -0.496 e. The number of thioether (sulfide) groups is 1. The van der Waals surface area contributed by atoms with E-state index in [2.05, 4.69) is 16.0 Å². The van der Waals surface area contributed by atoms with Crippen molar-refractivity contribution in [2.45, 2.75) is 17.1 Å². The fraction of sp³-hybridized carbons (Fsp3) is 0.121. The van der Waals surface area contributed by atoms with Crippen molar-refractivity contribution in [2.75, 3.05) is 24.5 Å². The molecule has 218 valence electrons. The van der Waals surface area contributed by atoms with Gasteiger partial charge in [-0.1, -0.05) is 36.4 Å². The van der Waals surface area contributed by atoms with Crippen LogP contribution in [0.1, 0.15) is 22.8 Å². The molecule has 3 amide bonds. The first-order valence-electron chi connectivity index (χ1n) is 13.4. The molecule has 0 aliphatic carbocycles. The Labute approximate surface area is 253 Å². The summed E-state index contributed by atoms with van der Waals surface area (Å²) in [6.45, 7) is 1.98. The number of benzene rings is 4. The van der Waals surface area contributed by atoms with Gasteiger partial charge < -0.3 is 30.2 Å². The third kappa shape index (κ3) is 7.55. The molecule has 0 saturated carbocycles. The molecule has 0 radical (unpaired) electrons. The van der Waals surface area contributed by atoms with Crippen LogP contribution in [0.3, 0.4) is 0 Å². The topological polar surface area (TPSA) is 115 Å². The van der Waals surface area contributed by atoms with E-state index in [-0.39, 0.29) is 18.4 Å². The Hall–Kier alpha value is -5.22. The predicted molar refractivity (Wildman–Crippen MR) is 166 cm³/mol. The zero-order valence-corrected chi connectivity index (χ0v) is 24.3. The van der Waals surface area contributed by atoms with E-state index >= 15 is 0 Å². The molecule has 9 nitrogen and oxygen atoms in total. The zero-order valence-electron chi connectivity index (χ0n) is 23.5. The van der Waals surface area contributed by atoms with E-state index < -0.39 is 17.1 Å². The maximum absolute atomic E-state index is 13.4. The summed E-state index contributed by atoms with van der Waals surface area (Å²) in [5.74, 6) is 0.704. The van der Waals surface area contributed by atoms with Crippen molar-refractivity contribution in [3.8, 4) is 17.2 Å². The molecule has 0 fully saturated rings. The molecule has 1 heterocycles. The third-order valence-electron chi connectivity index (χ3n) is 6.40. The van der Waals surface area contributed by atoms with E-state index in [0.29, 0.717) is 39.8 Å². The van der Waals surface area contributed by atoms with E-state index in [0.717, 1.165) is 4.90 Å². The van der Waals surface area contributed by atoms with Gasteiger partial charge in [0.05, 0.1) is 12.4 Å². The minimum atomic E-state index is -0.507. The van der Waals surface area contributed by atoms with Crippen LogP contribution in [0, 0.1) is 0 Å². The number of nitrogens with one attached hydrogen (secondary N) is 3. The SMILES string of the molecule is COc1ccccc1/C=C(\NC(=O)c1ccccc1)C(=O)Nc1ccc(SC(C)C(=O)Nc2ccc3c(c2)OCO3)cc1. The Bertz CT molecular complexity index is 1660. The lowest BCUT2D eigenvalue weighted by Crippen LogP contribution is -2.30. The molecule has 0 spiro atoms. The Morgan fingerprint density at radius 3 is 2.30 bits per heavy atom. The smallest absolute Gasteiger partial charge is 0.272 e. The van der Waals surface area contributed by atoms with Gasteiger partial charge in [0.25, 0.3) is 11.8 Å². The fourth-order valence-corrected chi connectivity index (χ4v) is 5.04. The quantitative estimate of drug-likeness (QED) is 0.153. The highest BCUT2D eigenvalue weighted by molar-refractivity contribution is 8.00. The molecule has 5 rings (SSSR count). The van der Waals surface area contributed by atoms with E-state index in [1.807, 2.05) is 37.3 Å². The van der Waals surface area contributed by atoms with E-state index in [4.69, 9.17) is 14.2 Å². The predicted octanol–water partition coefficient (Wildman–Crippen LogP) is 5.95. The third-order valence-corrected chi connectivity index (χ3v) is 7.51. The number of ether oxygens (including phenoxy) is 3. The highest BCUT2D eigenvalue weighted by atomic mass is 32.2. The first-order chi connectivity index (χ1) is 20.9. The summed E-state index contributed by atoms with van der Waals surface area (Å²) in [5.41, 5.74) is 2.23. The van der Waals surface area contributed by atoms with Crippen LogP contribution < -0.4 is 30.2 Å². The average molecular weight is 596 g/mol. The molecule has 0 bridgehead atoms. The van der Waals surface area contributed by atoms with Gasteiger partial charge in [-0.3, -0.25) is 14.4 Å². The van der Waals surface area contributed by atoms with E-state index in [1.165, 1.54) is 18.9 Å². The number of fused-ring (bicyclic) bond motifs is 1. The van der Waals surface area contributed by atoms with Gasteiger partial charge in [0.2, 0.25) is 12.7 Å². The van der Waals surface area contributed by atoms with Gasteiger partial charge in [-0.05, 0) is 67.6 Å². The number of amides is 3. The van der Waals surface area contributed by atoms with Crippen LogP contribution in [0.5, 0.6) is 17.2 Å². The molecule has 1 aliphatic heterocycles. The lowest BCUT2D eigenvalue weighted by atomic mass is 10.1. The number of rotatable bonds is 10. The summed E-state index contributed by atoms with van der Waals surface area (Å²) < 4.78 is 16.1. The van der Waals surface area contributed by atoms with Crippen LogP contribution in [-0.4, -0.2) is 36.9 Å². The van der Waals surface area contributed by atoms with Crippen LogP contribution in [0.2, 0.25) is 0 Å². The number of methoxy groups -OCH3 is 1. The number of anilines is 2. The first-order valence-corrected chi connectivity index (χ1v) is 14.3. The van der Waals surface area contributed by atoms with Gasteiger partial charge in [-0.15, -0.1) is 11.8 Å². The Balaban J connectivity index is 1.25. The van der Waals surface area contributed by atoms with E-state index in [1.54, 1.807) is 72.8 Å². The monoisotopic (exact) mass is 595 g/mol. The molecule has 1 aliphatic rings. The van der Waals surface area contributed by atoms with Crippen molar-refractivity contribution in [3.05, 3.63) is 114 Å². The lowest BCUT2D eigenvalue weighted by molar-refractivity contribution is -0.115. The molecule has 10 heteroatoms. The summed E-state index contributed by atoms with van der Waals surface area (Å²) in [6.07, 6.45) is 1.57. The Morgan fingerprint density at radius 2 is 1.53 bits per heavy atom. The highest BCUT2D eigenvalue weighted by Crippen LogP contribution is 2.34. The van der Waals surface area contributed by atoms with Crippen molar-refractivity contribution in [1.29, 1.82) is 0 Å². The van der Waals surface area contributed by atoms with Crippen LogP contribution in [0.4, 0.5) is 11.4 Å². The fourth-order valence-electron chi connectivity index (χ4n) is 4.17. The molecule has 3 N–H and O–H groups in total. The van der Waals surface area contributed by atoms with Crippen molar-refractivity contribution in [3.63, 3.8) is 0 Å². The van der Waals surface area contributed by atoms with E-state index in [9.17, 15) is 14.4 Å². The molecule has 1 unspecified atom stereocenters. The second-order valence-electron chi connectivity index (χ2n) is 9.42. The first kappa shape index (κ1) is 29.3.